The van der Waals surface area contributed by atoms with E-state index in [4.69, 9.17) is 14.7 Å². The molecule has 0 saturated carbocycles. The fourth-order valence-corrected chi connectivity index (χ4v) is 3.23. The number of nitrogens with zero attached hydrogens (tertiary/aromatic N) is 4. The van der Waals surface area contributed by atoms with E-state index in [-0.39, 0.29) is 31.4 Å². The van der Waals surface area contributed by atoms with E-state index >= 15 is 0 Å². The van der Waals surface area contributed by atoms with Crippen LogP contribution in [0.25, 0.3) is 0 Å². The van der Waals surface area contributed by atoms with Gasteiger partial charge in [-0.15, -0.1) is 0 Å². The van der Waals surface area contributed by atoms with Gasteiger partial charge in [0, 0.05) is 12.7 Å². The Morgan fingerprint density at radius 2 is 1.87 bits per heavy atom. The molecule has 2 aromatic rings. The number of hydrogen-bond acceptors (Lipinski definition) is 5. The Morgan fingerprint density at radius 1 is 1.19 bits per heavy atom. The Bertz CT molecular complexity index is 958. The predicted molar refractivity (Wildman–Crippen MR) is 104 cm³/mol. The van der Waals surface area contributed by atoms with Gasteiger partial charge in [-0.05, 0) is 44.5 Å². The van der Waals surface area contributed by atoms with Crippen LogP contribution in [-0.4, -0.2) is 45.6 Å². The monoisotopic (exact) mass is 436 g/mol. The number of benzene rings is 1. The third kappa shape index (κ3) is 5.76. The van der Waals surface area contributed by atoms with Crippen molar-refractivity contribution in [1.29, 1.82) is 5.26 Å². The number of ether oxygens (including phenoxy) is 2. The van der Waals surface area contributed by atoms with Gasteiger partial charge in [0.05, 0.1) is 30.9 Å². The van der Waals surface area contributed by atoms with Crippen molar-refractivity contribution in [2.24, 2.45) is 0 Å². The first-order chi connectivity index (χ1) is 14.5. The van der Waals surface area contributed by atoms with Gasteiger partial charge in [0.15, 0.2) is 5.69 Å². The SMILES string of the molecule is CC(C)(C)OC(=O)N1C[C@@H](n2ccc(C#N)n2)[C@H](OCc2ccc(C(F)(F)F)cc2)C1. The van der Waals surface area contributed by atoms with Crippen LogP contribution >= 0.6 is 0 Å². The number of halogens is 3. The maximum absolute atomic E-state index is 12.7. The molecular formula is C21H23F3N4O3. The van der Waals surface area contributed by atoms with Crippen LogP contribution in [0.3, 0.4) is 0 Å². The highest BCUT2D eigenvalue weighted by atomic mass is 19.4. The Balaban J connectivity index is 1.73. The zero-order valence-corrected chi connectivity index (χ0v) is 17.4. The van der Waals surface area contributed by atoms with Gasteiger partial charge < -0.3 is 14.4 Å². The van der Waals surface area contributed by atoms with E-state index in [1.807, 2.05) is 6.07 Å². The third-order valence-electron chi connectivity index (χ3n) is 4.70. The van der Waals surface area contributed by atoms with Gasteiger partial charge in [-0.3, -0.25) is 4.68 Å². The quantitative estimate of drug-likeness (QED) is 0.719. The van der Waals surface area contributed by atoms with E-state index in [0.717, 1.165) is 12.1 Å². The molecule has 166 valence electrons. The summed E-state index contributed by atoms with van der Waals surface area (Å²) in [5.41, 5.74) is -0.588. The van der Waals surface area contributed by atoms with E-state index in [9.17, 15) is 18.0 Å². The molecule has 1 aromatic carbocycles. The standard InChI is InChI=1S/C21H23F3N4O3/c1-20(2,3)31-19(29)27-11-17(28-9-8-16(10-25)26-28)18(12-27)30-13-14-4-6-15(7-5-14)21(22,23)24/h4-9,17-18H,11-13H2,1-3H3/t17-,18-/m1/s1. The summed E-state index contributed by atoms with van der Waals surface area (Å²) in [6.07, 6.45) is -3.74. The van der Waals surface area contributed by atoms with E-state index < -0.39 is 29.5 Å². The largest absolute Gasteiger partial charge is 0.444 e. The average molecular weight is 436 g/mol. The van der Waals surface area contributed by atoms with Crippen molar-refractivity contribution in [3.05, 3.63) is 53.3 Å². The summed E-state index contributed by atoms with van der Waals surface area (Å²) in [4.78, 5) is 14.0. The van der Waals surface area contributed by atoms with Crippen molar-refractivity contribution in [2.45, 2.75) is 51.3 Å². The summed E-state index contributed by atoms with van der Waals surface area (Å²) in [6, 6.07) is 7.87. The summed E-state index contributed by atoms with van der Waals surface area (Å²) in [7, 11) is 0. The molecule has 0 radical (unpaired) electrons. The van der Waals surface area contributed by atoms with E-state index in [1.54, 1.807) is 37.7 Å². The maximum atomic E-state index is 12.7. The number of alkyl halides is 3. The zero-order chi connectivity index (χ0) is 22.8. The first-order valence-electron chi connectivity index (χ1n) is 9.67. The van der Waals surface area contributed by atoms with Crippen LogP contribution in [0.4, 0.5) is 18.0 Å². The minimum atomic E-state index is -4.40. The number of rotatable bonds is 4. The second kappa shape index (κ2) is 8.59. The Kier molecular flexibility index (Phi) is 6.27. The van der Waals surface area contributed by atoms with Crippen molar-refractivity contribution in [1.82, 2.24) is 14.7 Å². The van der Waals surface area contributed by atoms with Crippen molar-refractivity contribution in [3.8, 4) is 6.07 Å². The minimum Gasteiger partial charge on any atom is -0.444 e. The summed E-state index contributed by atoms with van der Waals surface area (Å²) in [5.74, 6) is 0. The number of nitriles is 1. The number of hydrogen-bond donors (Lipinski definition) is 0. The lowest BCUT2D eigenvalue weighted by Crippen LogP contribution is -2.36. The molecule has 10 heteroatoms. The average Bonchev–Trinajstić information content (AvgIpc) is 3.31. The molecule has 3 rings (SSSR count). The molecule has 0 bridgehead atoms. The molecule has 7 nitrogen and oxygen atoms in total. The van der Waals surface area contributed by atoms with E-state index in [1.165, 1.54) is 17.0 Å². The van der Waals surface area contributed by atoms with Gasteiger partial charge >= 0.3 is 12.3 Å². The number of aromatic nitrogens is 2. The molecule has 0 aliphatic carbocycles. The fraction of sp³-hybridized carbons (Fsp3) is 0.476. The van der Waals surface area contributed by atoms with Crippen LogP contribution in [-0.2, 0) is 22.3 Å². The van der Waals surface area contributed by atoms with Crippen LogP contribution in [0.2, 0.25) is 0 Å². The molecule has 1 saturated heterocycles. The number of carbonyl (C=O) groups excluding carboxylic acids is 1. The fourth-order valence-electron chi connectivity index (χ4n) is 3.23. The molecule has 0 spiro atoms. The maximum Gasteiger partial charge on any atom is 0.416 e. The molecule has 1 aromatic heterocycles. The van der Waals surface area contributed by atoms with Crippen molar-refractivity contribution in [3.63, 3.8) is 0 Å². The summed E-state index contributed by atoms with van der Waals surface area (Å²) in [5, 5.41) is 13.2. The molecule has 1 fully saturated rings. The van der Waals surface area contributed by atoms with Gasteiger partial charge in [-0.1, -0.05) is 12.1 Å². The van der Waals surface area contributed by atoms with Crippen LogP contribution in [0.15, 0.2) is 36.5 Å². The van der Waals surface area contributed by atoms with Gasteiger partial charge in [0.2, 0.25) is 0 Å². The molecule has 1 aliphatic rings. The number of carbonyl (C=O) groups is 1. The highest BCUT2D eigenvalue weighted by Crippen LogP contribution is 2.30. The number of likely N-dealkylation sites (tertiary alicyclic amines) is 1. The summed E-state index contributed by atoms with van der Waals surface area (Å²) in [6.45, 7) is 5.85. The van der Waals surface area contributed by atoms with Crippen LogP contribution in [0.1, 0.15) is 43.6 Å². The second-order valence-electron chi connectivity index (χ2n) is 8.29. The Morgan fingerprint density at radius 3 is 2.42 bits per heavy atom. The topological polar surface area (TPSA) is 80.4 Å². The third-order valence-corrected chi connectivity index (χ3v) is 4.70. The lowest BCUT2D eigenvalue weighted by Gasteiger charge is -2.24. The predicted octanol–water partition coefficient (Wildman–Crippen LogP) is 4.15. The molecule has 31 heavy (non-hydrogen) atoms. The van der Waals surface area contributed by atoms with Gasteiger partial charge in [-0.25, -0.2) is 4.79 Å². The molecule has 2 atom stereocenters. The summed E-state index contributed by atoms with van der Waals surface area (Å²) >= 11 is 0. The molecule has 0 unspecified atom stereocenters. The highest BCUT2D eigenvalue weighted by molar-refractivity contribution is 5.68. The lowest BCUT2D eigenvalue weighted by molar-refractivity contribution is -0.137. The first kappa shape index (κ1) is 22.6. The minimum absolute atomic E-state index is 0.0633. The lowest BCUT2D eigenvalue weighted by atomic mass is 10.1. The van der Waals surface area contributed by atoms with Crippen LogP contribution < -0.4 is 0 Å². The normalized spacial score (nSPS) is 19.3. The van der Waals surface area contributed by atoms with Crippen molar-refractivity contribution < 1.29 is 27.4 Å². The smallest absolute Gasteiger partial charge is 0.416 e. The Labute approximate surface area is 178 Å². The van der Waals surface area contributed by atoms with Crippen molar-refractivity contribution in [2.75, 3.05) is 13.1 Å². The molecule has 2 heterocycles. The van der Waals surface area contributed by atoms with Crippen LogP contribution in [0, 0.1) is 11.3 Å². The van der Waals surface area contributed by atoms with Gasteiger partial charge in [0.1, 0.15) is 11.7 Å². The molecule has 0 N–H and O–H groups in total. The van der Waals surface area contributed by atoms with Crippen molar-refractivity contribution >= 4 is 6.09 Å². The Hall–Kier alpha value is -3.06. The molecular weight excluding hydrogens is 413 g/mol. The van der Waals surface area contributed by atoms with Crippen LogP contribution in [0.5, 0.6) is 0 Å². The molecule has 1 aliphatic heterocycles. The first-order valence-corrected chi connectivity index (χ1v) is 9.67. The van der Waals surface area contributed by atoms with E-state index in [0.29, 0.717) is 5.56 Å². The van der Waals surface area contributed by atoms with Gasteiger partial charge in [-0.2, -0.15) is 23.5 Å². The molecule has 1 amide bonds. The van der Waals surface area contributed by atoms with Gasteiger partial charge in [0.25, 0.3) is 0 Å². The van der Waals surface area contributed by atoms with E-state index in [2.05, 4.69) is 5.10 Å². The number of amides is 1. The zero-order valence-electron chi connectivity index (χ0n) is 17.4. The second-order valence-corrected chi connectivity index (χ2v) is 8.29. The summed E-state index contributed by atoms with van der Waals surface area (Å²) < 4.78 is 51.2. The highest BCUT2D eigenvalue weighted by Gasteiger charge is 2.39.